The first kappa shape index (κ1) is 21.0. The largest absolute Gasteiger partial charge is 0.329 e. The molecular formula is C24H24N6O2. The molecule has 0 amide bonds. The summed E-state index contributed by atoms with van der Waals surface area (Å²) in [5.74, 6) is 0.395. The van der Waals surface area contributed by atoms with E-state index in [0.717, 1.165) is 16.7 Å². The lowest BCUT2D eigenvalue weighted by atomic mass is 10.1. The molecule has 0 atom stereocenters. The van der Waals surface area contributed by atoms with E-state index in [4.69, 9.17) is 0 Å². The van der Waals surface area contributed by atoms with Crippen LogP contribution in [0.15, 0.2) is 80.9 Å². The van der Waals surface area contributed by atoms with Crippen LogP contribution in [0.3, 0.4) is 0 Å². The van der Waals surface area contributed by atoms with Crippen LogP contribution in [0.1, 0.15) is 18.1 Å². The van der Waals surface area contributed by atoms with Crippen LogP contribution in [0, 0.1) is 0 Å². The van der Waals surface area contributed by atoms with E-state index in [2.05, 4.69) is 20.5 Å². The number of allylic oxidation sites excluding steroid dienone is 1. The van der Waals surface area contributed by atoms with Gasteiger partial charge in [-0.3, -0.25) is 14.3 Å². The Balaban J connectivity index is 1.65. The molecule has 0 aliphatic carbocycles. The Morgan fingerprint density at radius 3 is 2.50 bits per heavy atom. The zero-order chi connectivity index (χ0) is 22.5. The van der Waals surface area contributed by atoms with Gasteiger partial charge in [-0.1, -0.05) is 66.7 Å². The zero-order valence-corrected chi connectivity index (χ0v) is 17.9. The average molecular weight is 428 g/mol. The van der Waals surface area contributed by atoms with E-state index in [0.29, 0.717) is 30.1 Å². The SMILES string of the molecule is CC(/C=N\Nc1nc2c(c(=O)[nH]c(=O)n2C)n1CCc1ccccc1)=C\c1ccccc1. The fourth-order valence-electron chi connectivity index (χ4n) is 3.46. The van der Waals surface area contributed by atoms with Gasteiger partial charge in [-0.25, -0.2) is 10.2 Å². The van der Waals surface area contributed by atoms with Gasteiger partial charge >= 0.3 is 5.69 Å². The molecule has 2 aromatic carbocycles. The van der Waals surface area contributed by atoms with Crippen LogP contribution in [0.2, 0.25) is 0 Å². The van der Waals surface area contributed by atoms with Crippen LogP contribution < -0.4 is 16.7 Å². The summed E-state index contributed by atoms with van der Waals surface area (Å²) in [7, 11) is 1.58. The Morgan fingerprint density at radius 2 is 1.78 bits per heavy atom. The Bertz CT molecular complexity index is 1400. The number of rotatable bonds is 7. The van der Waals surface area contributed by atoms with Gasteiger partial charge in [-0.15, -0.1) is 0 Å². The number of aromatic nitrogens is 4. The Morgan fingerprint density at radius 1 is 1.09 bits per heavy atom. The van der Waals surface area contributed by atoms with Crippen molar-refractivity contribution in [2.45, 2.75) is 19.9 Å². The van der Waals surface area contributed by atoms with E-state index in [1.807, 2.05) is 73.7 Å². The highest BCUT2D eigenvalue weighted by atomic mass is 16.2. The highest BCUT2D eigenvalue weighted by molar-refractivity contribution is 5.85. The van der Waals surface area contributed by atoms with Gasteiger partial charge in [-0.05, 0) is 30.0 Å². The fourth-order valence-corrected chi connectivity index (χ4v) is 3.46. The molecule has 2 N–H and O–H groups in total. The van der Waals surface area contributed by atoms with Crippen molar-refractivity contribution in [1.82, 2.24) is 19.1 Å². The van der Waals surface area contributed by atoms with Crippen LogP contribution in [0.5, 0.6) is 0 Å². The van der Waals surface area contributed by atoms with E-state index in [1.165, 1.54) is 4.57 Å². The Kier molecular flexibility index (Phi) is 6.12. The van der Waals surface area contributed by atoms with Crippen LogP contribution in [-0.2, 0) is 20.0 Å². The van der Waals surface area contributed by atoms with Crippen molar-refractivity contribution in [3.05, 3.63) is 98.2 Å². The maximum Gasteiger partial charge on any atom is 0.329 e. The summed E-state index contributed by atoms with van der Waals surface area (Å²) in [6.07, 6.45) is 4.40. The molecule has 0 unspecified atom stereocenters. The second-order valence-electron chi connectivity index (χ2n) is 7.48. The van der Waals surface area contributed by atoms with Crippen molar-refractivity contribution in [3.8, 4) is 0 Å². The number of imidazole rings is 1. The molecule has 0 saturated carbocycles. The maximum absolute atomic E-state index is 12.6. The zero-order valence-electron chi connectivity index (χ0n) is 17.9. The second-order valence-corrected chi connectivity index (χ2v) is 7.48. The third-order valence-corrected chi connectivity index (χ3v) is 5.10. The summed E-state index contributed by atoms with van der Waals surface area (Å²) < 4.78 is 3.08. The molecule has 2 heterocycles. The minimum Gasteiger partial charge on any atom is -0.303 e. The van der Waals surface area contributed by atoms with Crippen LogP contribution in [0.25, 0.3) is 17.2 Å². The fraction of sp³-hybridized carbons (Fsp3) is 0.167. The number of fused-ring (bicyclic) bond motifs is 1. The summed E-state index contributed by atoms with van der Waals surface area (Å²) in [6, 6.07) is 19.9. The van der Waals surface area contributed by atoms with E-state index in [-0.39, 0.29) is 0 Å². The van der Waals surface area contributed by atoms with Gasteiger partial charge in [0.25, 0.3) is 5.56 Å². The number of hydrazone groups is 1. The summed E-state index contributed by atoms with van der Waals surface area (Å²) in [4.78, 5) is 31.4. The van der Waals surface area contributed by atoms with E-state index in [1.54, 1.807) is 17.8 Å². The number of nitrogens with zero attached hydrogens (tertiary/aromatic N) is 4. The molecule has 0 aliphatic heterocycles. The number of H-pyrrole nitrogens is 1. The van der Waals surface area contributed by atoms with Gasteiger partial charge in [0, 0.05) is 13.6 Å². The summed E-state index contributed by atoms with van der Waals surface area (Å²) in [5, 5.41) is 4.30. The van der Waals surface area contributed by atoms with Crippen molar-refractivity contribution >= 4 is 29.4 Å². The monoisotopic (exact) mass is 428 g/mol. The lowest BCUT2D eigenvalue weighted by Crippen LogP contribution is -2.29. The van der Waals surface area contributed by atoms with Crippen LogP contribution >= 0.6 is 0 Å². The molecule has 4 rings (SSSR count). The first-order chi connectivity index (χ1) is 15.5. The maximum atomic E-state index is 12.6. The Hall–Kier alpha value is -4.20. The molecule has 0 spiro atoms. The molecule has 32 heavy (non-hydrogen) atoms. The van der Waals surface area contributed by atoms with Gasteiger partial charge in [0.2, 0.25) is 5.95 Å². The van der Waals surface area contributed by atoms with Gasteiger partial charge in [0.1, 0.15) is 0 Å². The predicted octanol–water partition coefficient (Wildman–Crippen LogP) is 3.17. The topological polar surface area (TPSA) is 97.1 Å². The summed E-state index contributed by atoms with van der Waals surface area (Å²) in [6.45, 7) is 2.45. The summed E-state index contributed by atoms with van der Waals surface area (Å²) in [5.41, 5.74) is 5.75. The van der Waals surface area contributed by atoms with Crippen molar-refractivity contribution in [2.24, 2.45) is 12.1 Å². The van der Waals surface area contributed by atoms with Crippen molar-refractivity contribution in [2.75, 3.05) is 5.43 Å². The number of aromatic amines is 1. The standard InChI is InChI=1S/C24H24N6O2/c1-17(15-19-11-7-4-8-12-19)16-25-28-23-26-21-20(22(31)27-24(32)29(21)2)30(23)14-13-18-9-5-3-6-10-18/h3-12,15-16H,13-14H2,1-2H3,(H,26,28)(H,27,31,32)/b17-15+,25-16-. The average Bonchev–Trinajstić information content (AvgIpc) is 3.16. The normalized spacial score (nSPS) is 12.0. The number of anilines is 1. The second kappa shape index (κ2) is 9.30. The van der Waals surface area contributed by atoms with Gasteiger partial charge in [0.05, 0.1) is 6.21 Å². The first-order valence-electron chi connectivity index (χ1n) is 10.3. The third-order valence-electron chi connectivity index (χ3n) is 5.10. The van der Waals surface area contributed by atoms with Gasteiger partial charge < -0.3 is 4.57 Å². The highest BCUT2D eigenvalue weighted by Gasteiger charge is 2.17. The first-order valence-corrected chi connectivity index (χ1v) is 10.3. The van der Waals surface area contributed by atoms with Crippen molar-refractivity contribution < 1.29 is 0 Å². The smallest absolute Gasteiger partial charge is 0.303 e. The lowest BCUT2D eigenvalue weighted by Gasteiger charge is -2.08. The molecule has 0 radical (unpaired) electrons. The molecule has 4 aromatic rings. The molecule has 0 fully saturated rings. The Labute approximate surface area is 184 Å². The van der Waals surface area contributed by atoms with Crippen LogP contribution in [-0.4, -0.2) is 25.3 Å². The molecule has 162 valence electrons. The molecular weight excluding hydrogens is 404 g/mol. The quantitative estimate of drug-likeness (QED) is 0.349. The van der Waals surface area contributed by atoms with Crippen molar-refractivity contribution in [3.63, 3.8) is 0 Å². The highest BCUT2D eigenvalue weighted by Crippen LogP contribution is 2.17. The minimum absolute atomic E-state index is 0.307. The van der Waals surface area contributed by atoms with Crippen molar-refractivity contribution in [1.29, 1.82) is 0 Å². The van der Waals surface area contributed by atoms with Gasteiger partial charge in [-0.2, -0.15) is 10.1 Å². The minimum atomic E-state index is -0.508. The molecule has 8 heteroatoms. The third kappa shape index (κ3) is 4.59. The summed E-state index contributed by atoms with van der Waals surface area (Å²) >= 11 is 0. The number of aryl methyl sites for hydroxylation is 3. The van der Waals surface area contributed by atoms with E-state index >= 15 is 0 Å². The predicted molar refractivity (Wildman–Crippen MR) is 128 cm³/mol. The lowest BCUT2D eigenvalue weighted by molar-refractivity contribution is 0.716. The number of benzene rings is 2. The van der Waals surface area contributed by atoms with Crippen LogP contribution in [0.4, 0.5) is 5.95 Å². The molecule has 0 saturated heterocycles. The molecule has 0 bridgehead atoms. The molecule has 0 aliphatic rings. The number of nitrogens with one attached hydrogen (secondary N) is 2. The van der Waals surface area contributed by atoms with Gasteiger partial charge in [0.15, 0.2) is 11.2 Å². The van der Waals surface area contributed by atoms with E-state index in [9.17, 15) is 9.59 Å². The molecule has 2 aromatic heterocycles. The van der Waals surface area contributed by atoms with E-state index < -0.39 is 11.2 Å². The number of hydrogen-bond acceptors (Lipinski definition) is 5. The molecule has 8 nitrogen and oxygen atoms in total. The number of hydrogen-bond donors (Lipinski definition) is 2.